The van der Waals surface area contributed by atoms with Crippen LogP contribution in [0.1, 0.15) is 36.6 Å². The van der Waals surface area contributed by atoms with Gasteiger partial charge in [-0.3, -0.25) is 4.72 Å². The predicted octanol–water partition coefficient (Wildman–Crippen LogP) is 8.51. The lowest BCUT2D eigenvalue weighted by molar-refractivity contribution is 0.473. The van der Waals surface area contributed by atoms with E-state index in [1.165, 1.54) is 30.0 Å². The van der Waals surface area contributed by atoms with E-state index in [1.54, 1.807) is 24.1 Å². The Labute approximate surface area is 225 Å². The molecule has 0 saturated heterocycles. The molecule has 1 unspecified atom stereocenters. The van der Waals surface area contributed by atoms with Gasteiger partial charge in [-0.25, -0.2) is 13.8 Å². The van der Waals surface area contributed by atoms with Crippen LogP contribution in [-0.2, 0) is 17.7 Å². The van der Waals surface area contributed by atoms with Crippen molar-refractivity contribution in [1.82, 2.24) is 14.3 Å². The van der Waals surface area contributed by atoms with E-state index >= 15 is 0 Å². The van der Waals surface area contributed by atoms with Gasteiger partial charge in [0.25, 0.3) is 0 Å². The quantitative estimate of drug-likeness (QED) is 0.191. The SMILES string of the molecule is C=C.CNSc1ccc(C2(C)CC/C=C(F)\C=C/Cn3c2cnc3SCc2ccc(F)cc2Cl)cc1. The van der Waals surface area contributed by atoms with Crippen molar-refractivity contribution in [1.29, 1.82) is 0 Å². The van der Waals surface area contributed by atoms with Gasteiger partial charge in [-0.1, -0.05) is 47.6 Å². The van der Waals surface area contributed by atoms with Crippen LogP contribution in [0.15, 0.2) is 95.9 Å². The average Bonchev–Trinajstić information content (AvgIpc) is 3.28. The normalized spacial score (nSPS) is 19.9. The Morgan fingerprint density at radius 3 is 2.61 bits per heavy atom. The van der Waals surface area contributed by atoms with Crippen molar-refractivity contribution < 1.29 is 8.78 Å². The Bertz CT molecular complexity index is 1220. The molecule has 8 heteroatoms. The van der Waals surface area contributed by atoms with Crippen LogP contribution in [0.3, 0.4) is 0 Å². The van der Waals surface area contributed by atoms with Gasteiger partial charge in [-0.2, -0.15) is 0 Å². The monoisotopic (exact) mass is 545 g/mol. The fraction of sp³-hybridized carbons (Fsp3) is 0.250. The molecule has 1 aliphatic heterocycles. The van der Waals surface area contributed by atoms with Crippen molar-refractivity contribution in [3.63, 3.8) is 0 Å². The zero-order chi connectivity index (χ0) is 26.1. The molecule has 0 fully saturated rings. The summed E-state index contributed by atoms with van der Waals surface area (Å²) >= 11 is 9.34. The fourth-order valence-corrected chi connectivity index (χ4v) is 5.95. The molecule has 1 aliphatic rings. The minimum absolute atomic E-state index is 0.223. The third kappa shape index (κ3) is 6.71. The maximum atomic E-state index is 14.3. The lowest BCUT2D eigenvalue weighted by Gasteiger charge is -2.32. The zero-order valence-electron chi connectivity index (χ0n) is 20.4. The molecule has 0 bridgehead atoms. The number of halogens is 3. The van der Waals surface area contributed by atoms with Gasteiger partial charge in [-0.15, -0.1) is 13.2 Å². The predicted molar refractivity (Wildman–Crippen MR) is 150 cm³/mol. The first-order valence-corrected chi connectivity index (χ1v) is 13.7. The van der Waals surface area contributed by atoms with Crippen molar-refractivity contribution in [2.45, 2.75) is 47.5 Å². The Hall–Kier alpha value is -2.32. The number of aromatic nitrogens is 2. The first-order chi connectivity index (χ1) is 17.4. The van der Waals surface area contributed by atoms with E-state index in [4.69, 9.17) is 16.6 Å². The third-order valence-corrected chi connectivity index (χ3v) is 8.12. The van der Waals surface area contributed by atoms with E-state index in [0.29, 0.717) is 23.7 Å². The summed E-state index contributed by atoms with van der Waals surface area (Å²) in [5.74, 6) is -0.0219. The highest BCUT2D eigenvalue weighted by Gasteiger charge is 2.33. The third-order valence-electron chi connectivity index (χ3n) is 6.02. The van der Waals surface area contributed by atoms with Crippen molar-refractivity contribution >= 4 is 35.3 Å². The van der Waals surface area contributed by atoms with Gasteiger partial charge in [-0.05, 0) is 86.3 Å². The van der Waals surface area contributed by atoms with E-state index < -0.39 is 0 Å². The van der Waals surface area contributed by atoms with Gasteiger partial charge in [0.2, 0.25) is 0 Å². The van der Waals surface area contributed by atoms with Crippen LogP contribution in [0.4, 0.5) is 8.78 Å². The lowest BCUT2D eigenvalue weighted by atomic mass is 9.75. The molecular weight excluding hydrogens is 516 g/mol. The van der Waals surface area contributed by atoms with Gasteiger partial charge in [0.05, 0.1) is 6.20 Å². The Balaban J connectivity index is 0.00000176. The summed E-state index contributed by atoms with van der Waals surface area (Å²) in [6.07, 6.45) is 8.27. The lowest BCUT2D eigenvalue weighted by Crippen LogP contribution is -2.27. The van der Waals surface area contributed by atoms with Crippen molar-refractivity contribution in [2.75, 3.05) is 7.05 Å². The molecule has 4 rings (SSSR count). The minimum atomic E-state index is -0.357. The van der Waals surface area contributed by atoms with Gasteiger partial charge in [0.1, 0.15) is 11.6 Å². The summed E-state index contributed by atoms with van der Waals surface area (Å²) in [4.78, 5) is 5.87. The summed E-state index contributed by atoms with van der Waals surface area (Å²) in [6.45, 7) is 8.70. The van der Waals surface area contributed by atoms with Gasteiger partial charge >= 0.3 is 0 Å². The Morgan fingerprint density at radius 1 is 1.17 bits per heavy atom. The number of nitrogens with zero attached hydrogens (tertiary/aromatic N) is 2. The highest BCUT2D eigenvalue weighted by atomic mass is 35.5. The standard InChI is InChI=1S/C26H26ClF2N3S2.C2H4/c1-26(19-8-11-22(12-9-19)34-30-2)13-3-5-20(28)6-4-14-32-24(26)16-31-25(32)33-17-18-7-10-21(29)15-23(18)27;1-2/h4-12,15-16,30H,3,13-14,17H2,1-2H3;1-2H2/b6-4-,20-5+;. The van der Waals surface area contributed by atoms with Gasteiger partial charge in [0.15, 0.2) is 5.16 Å². The van der Waals surface area contributed by atoms with Crippen LogP contribution >= 0.6 is 35.3 Å². The second-order valence-electron chi connectivity index (χ2n) is 8.25. The molecule has 1 aromatic heterocycles. The van der Waals surface area contributed by atoms with Crippen molar-refractivity contribution in [2.24, 2.45) is 0 Å². The van der Waals surface area contributed by atoms with Crippen LogP contribution in [0.25, 0.3) is 0 Å². The first-order valence-electron chi connectivity index (χ1n) is 11.5. The van der Waals surface area contributed by atoms with E-state index in [1.807, 2.05) is 19.3 Å². The van der Waals surface area contributed by atoms with Crippen LogP contribution in [0, 0.1) is 5.82 Å². The average molecular weight is 546 g/mol. The number of rotatable bonds is 6. The second-order valence-corrected chi connectivity index (χ2v) is 10.7. The summed E-state index contributed by atoms with van der Waals surface area (Å²) in [6, 6.07) is 12.9. The highest BCUT2D eigenvalue weighted by molar-refractivity contribution is 7.98. The summed E-state index contributed by atoms with van der Waals surface area (Å²) in [5.41, 5.74) is 2.72. The number of benzene rings is 2. The zero-order valence-corrected chi connectivity index (χ0v) is 22.8. The van der Waals surface area contributed by atoms with E-state index in [9.17, 15) is 8.78 Å². The van der Waals surface area contributed by atoms with Crippen LogP contribution < -0.4 is 4.72 Å². The molecule has 36 heavy (non-hydrogen) atoms. The molecule has 3 aromatic rings. The van der Waals surface area contributed by atoms with Crippen LogP contribution in [-0.4, -0.2) is 16.6 Å². The highest BCUT2D eigenvalue weighted by Crippen LogP contribution is 2.40. The molecule has 0 amide bonds. The number of hydrogen-bond donors (Lipinski definition) is 1. The topological polar surface area (TPSA) is 29.9 Å². The maximum Gasteiger partial charge on any atom is 0.168 e. The molecule has 1 atom stereocenters. The Morgan fingerprint density at radius 2 is 1.92 bits per heavy atom. The number of fused-ring (bicyclic) bond motifs is 1. The molecule has 0 aliphatic carbocycles. The van der Waals surface area contributed by atoms with Crippen molar-refractivity contribution in [3.8, 4) is 0 Å². The minimum Gasteiger partial charge on any atom is -0.318 e. The van der Waals surface area contributed by atoms with Crippen molar-refractivity contribution in [3.05, 3.63) is 114 Å². The summed E-state index contributed by atoms with van der Waals surface area (Å²) < 4.78 is 32.9. The summed E-state index contributed by atoms with van der Waals surface area (Å²) in [5, 5.41) is 1.22. The van der Waals surface area contributed by atoms with E-state index in [-0.39, 0.29) is 17.1 Å². The molecule has 190 valence electrons. The van der Waals surface area contributed by atoms with E-state index in [2.05, 4.69) is 53.6 Å². The molecule has 2 heterocycles. The molecule has 0 spiro atoms. The number of allylic oxidation sites excluding steroid dienone is 4. The molecule has 2 aromatic carbocycles. The first kappa shape index (κ1) is 28.3. The molecular formula is C28H30ClF2N3S2. The smallest absolute Gasteiger partial charge is 0.168 e. The van der Waals surface area contributed by atoms with E-state index in [0.717, 1.165) is 33.3 Å². The number of nitrogens with one attached hydrogen (secondary N) is 1. The molecule has 1 N–H and O–H groups in total. The Kier molecular flexibility index (Phi) is 10.4. The summed E-state index contributed by atoms with van der Waals surface area (Å²) in [7, 11) is 1.90. The van der Waals surface area contributed by atoms with Gasteiger partial charge in [0, 0.05) is 33.3 Å². The number of thioether (sulfide) groups is 1. The maximum absolute atomic E-state index is 14.3. The number of hydrogen-bond acceptors (Lipinski definition) is 4. The fourth-order valence-electron chi connectivity index (χ4n) is 4.14. The number of imidazole rings is 1. The van der Waals surface area contributed by atoms with Crippen LogP contribution in [0.5, 0.6) is 0 Å². The largest absolute Gasteiger partial charge is 0.318 e. The van der Waals surface area contributed by atoms with Crippen LogP contribution in [0.2, 0.25) is 5.02 Å². The molecule has 0 radical (unpaired) electrons. The second kappa shape index (κ2) is 13.3. The molecule has 0 saturated carbocycles. The van der Waals surface area contributed by atoms with Gasteiger partial charge < -0.3 is 4.57 Å². The molecule has 3 nitrogen and oxygen atoms in total.